The van der Waals surface area contributed by atoms with E-state index >= 15 is 0 Å². The Hall–Kier alpha value is -2.74. The molecule has 134 valence electrons. The molecule has 3 aromatic rings. The first-order valence-corrected chi connectivity index (χ1v) is 9.55. The molecule has 0 spiro atoms. The number of amides is 2. The number of nitrogens with one attached hydrogen (secondary N) is 1. The van der Waals surface area contributed by atoms with Gasteiger partial charge in [-0.15, -0.1) is 0 Å². The summed E-state index contributed by atoms with van der Waals surface area (Å²) in [4.78, 5) is 26.6. The lowest BCUT2D eigenvalue weighted by molar-refractivity contribution is -0.119. The van der Waals surface area contributed by atoms with Crippen LogP contribution in [0.5, 0.6) is 0 Å². The smallest absolute Gasteiger partial charge is 0.260 e. The second-order valence-corrected chi connectivity index (χ2v) is 7.56. The summed E-state index contributed by atoms with van der Waals surface area (Å²) in [5, 5.41) is 6.07. The number of anilines is 1. The number of hydrazone groups is 1. The molecule has 0 aliphatic carbocycles. The first-order chi connectivity index (χ1) is 13.0. The largest absolute Gasteiger partial charge is 0.298 e. The molecule has 1 aliphatic heterocycles. The maximum atomic E-state index is 12.7. The molecule has 3 aromatic carbocycles. The maximum absolute atomic E-state index is 12.7. The van der Waals surface area contributed by atoms with Crippen molar-refractivity contribution >= 4 is 56.6 Å². The van der Waals surface area contributed by atoms with Crippen LogP contribution in [0.4, 0.5) is 5.69 Å². The van der Waals surface area contributed by atoms with E-state index in [1.54, 1.807) is 6.07 Å². The van der Waals surface area contributed by atoms with Gasteiger partial charge < -0.3 is 0 Å². The zero-order chi connectivity index (χ0) is 19.0. The highest BCUT2D eigenvalue weighted by molar-refractivity contribution is 14.1. The lowest BCUT2D eigenvalue weighted by Gasteiger charge is -2.16. The summed E-state index contributed by atoms with van der Waals surface area (Å²) < 4.78 is 1.10. The van der Waals surface area contributed by atoms with Gasteiger partial charge in [-0.3, -0.25) is 14.5 Å². The molecule has 1 N–H and O–H groups in total. The van der Waals surface area contributed by atoms with Crippen LogP contribution in [0.3, 0.4) is 0 Å². The number of benzene rings is 3. The zero-order valence-corrected chi connectivity index (χ0v) is 16.7. The van der Waals surface area contributed by atoms with E-state index in [-0.39, 0.29) is 18.4 Å². The third kappa shape index (κ3) is 3.32. The Morgan fingerprint density at radius 3 is 2.63 bits per heavy atom. The number of hydrogen-bond acceptors (Lipinski definition) is 3. The van der Waals surface area contributed by atoms with E-state index in [2.05, 4.69) is 33.1 Å². The molecule has 0 saturated carbocycles. The molecule has 0 bridgehead atoms. The van der Waals surface area contributed by atoms with Crippen molar-refractivity contribution in [2.24, 2.45) is 5.10 Å². The van der Waals surface area contributed by atoms with Crippen molar-refractivity contribution in [2.45, 2.75) is 6.92 Å². The fraction of sp³-hybridized carbons (Fsp3) is 0.0952. The van der Waals surface area contributed by atoms with Gasteiger partial charge >= 0.3 is 0 Å². The van der Waals surface area contributed by atoms with Crippen LogP contribution >= 0.6 is 22.6 Å². The van der Waals surface area contributed by atoms with Crippen LogP contribution in [0, 0.1) is 3.57 Å². The first-order valence-electron chi connectivity index (χ1n) is 8.47. The van der Waals surface area contributed by atoms with Gasteiger partial charge in [0.2, 0.25) is 0 Å². The fourth-order valence-corrected chi connectivity index (χ4v) is 3.78. The molecule has 0 radical (unpaired) electrons. The Kier molecular flexibility index (Phi) is 4.65. The van der Waals surface area contributed by atoms with Crippen molar-refractivity contribution in [3.8, 4) is 0 Å². The highest BCUT2D eigenvalue weighted by Gasteiger charge is 2.30. The second kappa shape index (κ2) is 7.11. The molecular formula is C21H16IN3O2. The summed E-state index contributed by atoms with van der Waals surface area (Å²) in [5.41, 5.74) is 5.61. The fourth-order valence-electron chi connectivity index (χ4n) is 3.24. The Morgan fingerprint density at radius 1 is 1.11 bits per heavy atom. The summed E-state index contributed by atoms with van der Waals surface area (Å²) >= 11 is 2.23. The molecule has 6 heteroatoms. The SMILES string of the molecule is C/C(=N\NC(=O)CN1C(=O)c2cccc3cccc1c23)c1cccc(I)c1. The average molecular weight is 469 g/mol. The van der Waals surface area contributed by atoms with E-state index in [1.807, 2.05) is 61.5 Å². The van der Waals surface area contributed by atoms with Crippen LogP contribution in [0.15, 0.2) is 65.8 Å². The Labute approximate surface area is 170 Å². The van der Waals surface area contributed by atoms with Crippen LogP contribution in [-0.2, 0) is 4.79 Å². The van der Waals surface area contributed by atoms with E-state index in [9.17, 15) is 9.59 Å². The van der Waals surface area contributed by atoms with Crippen molar-refractivity contribution < 1.29 is 9.59 Å². The molecule has 0 fully saturated rings. The molecular weight excluding hydrogens is 453 g/mol. The van der Waals surface area contributed by atoms with Gasteiger partial charge in [-0.25, -0.2) is 5.43 Å². The molecule has 2 amide bonds. The Morgan fingerprint density at radius 2 is 1.85 bits per heavy atom. The predicted molar refractivity (Wildman–Crippen MR) is 115 cm³/mol. The van der Waals surface area contributed by atoms with E-state index in [0.717, 1.165) is 25.6 Å². The summed E-state index contributed by atoms with van der Waals surface area (Å²) in [7, 11) is 0. The average Bonchev–Trinajstić information content (AvgIpc) is 2.94. The highest BCUT2D eigenvalue weighted by Crippen LogP contribution is 2.36. The molecule has 0 atom stereocenters. The minimum atomic E-state index is -0.335. The predicted octanol–water partition coefficient (Wildman–Crippen LogP) is 3.95. The van der Waals surface area contributed by atoms with E-state index in [0.29, 0.717) is 11.3 Å². The van der Waals surface area contributed by atoms with Gasteiger partial charge in [0, 0.05) is 14.5 Å². The van der Waals surface area contributed by atoms with Gasteiger partial charge in [0.25, 0.3) is 11.8 Å². The van der Waals surface area contributed by atoms with Crippen LogP contribution in [0.1, 0.15) is 22.8 Å². The minimum absolute atomic E-state index is 0.0737. The monoisotopic (exact) mass is 469 g/mol. The van der Waals surface area contributed by atoms with Crippen LogP contribution in [-0.4, -0.2) is 24.1 Å². The molecule has 0 aromatic heterocycles. The first kappa shape index (κ1) is 17.7. The molecule has 1 aliphatic rings. The van der Waals surface area contributed by atoms with Crippen molar-refractivity contribution in [1.29, 1.82) is 0 Å². The minimum Gasteiger partial charge on any atom is -0.298 e. The molecule has 4 rings (SSSR count). The van der Waals surface area contributed by atoms with Crippen molar-refractivity contribution in [3.63, 3.8) is 0 Å². The Bertz CT molecular complexity index is 1100. The normalized spacial score (nSPS) is 13.3. The third-order valence-electron chi connectivity index (χ3n) is 4.54. The summed E-state index contributed by atoms with van der Waals surface area (Å²) in [6, 6.07) is 19.2. The molecule has 1 heterocycles. The van der Waals surface area contributed by atoms with Gasteiger partial charge in [-0.05, 0) is 64.7 Å². The number of hydrogen-bond donors (Lipinski definition) is 1. The van der Waals surface area contributed by atoms with Crippen molar-refractivity contribution in [3.05, 3.63) is 75.4 Å². The quantitative estimate of drug-likeness (QED) is 0.358. The van der Waals surface area contributed by atoms with Gasteiger partial charge in [0.1, 0.15) is 6.54 Å². The standard InChI is InChI=1S/C21H16IN3O2/c1-13(15-7-2-8-16(22)11-15)23-24-19(26)12-25-18-10-4-6-14-5-3-9-17(20(14)18)21(25)27/h2-11H,12H2,1H3,(H,24,26)/b23-13+. The second-order valence-electron chi connectivity index (χ2n) is 6.31. The van der Waals surface area contributed by atoms with Gasteiger partial charge in [0.05, 0.1) is 11.4 Å². The summed E-state index contributed by atoms with van der Waals surface area (Å²) in [6.45, 7) is 1.76. The van der Waals surface area contributed by atoms with Crippen LogP contribution < -0.4 is 10.3 Å². The molecule has 0 saturated heterocycles. The van der Waals surface area contributed by atoms with Crippen LogP contribution in [0.25, 0.3) is 10.8 Å². The van der Waals surface area contributed by atoms with E-state index < -0.39 is 0 Å². The number of carbonyl (C=O) groups excluding carboxylic acids is 2. The number of nitrogens with zero attached hydrogens (tertiary/aromatic N) is 2. The van der Waals surface area contributed by atoms with E-state index in [4.69, 9.17) is 0 Å². The summed E-state index contributed by atoms with van der Waals surface area (Å²) in [6.07, 6.45) is 0. The number of carbonyl (C=O) groups is 2. The lowest BCUT2D eigenvalue weighted by Crippen LogP contribution is -2.37. The molecule has 0 unspecified atom stereocenters. The Balaban J connectivity index is 1.52. The lowest BCUT2D eigenvalue weighted by atomic mass is 10.1. The maximum Gasteiger partial charge on any atom is 0.260 e. The summed E-state index contributed by atoms with van der Waals surface area (Å²) in [5.74, 6) is -0.492. The van der Waals surface area contributed by atoms with Crippen LogP contribution in [0.2, 0.25) is 0 Å². The van der Waals surface area contributed by atoms with Gasteiger partial charge in [-0.2, -0.15) is 5.10 Å². The molecule has 5 nitrogen and oxygen atoms in total. The number of rotatable bonds is 4. The molecule has 27 heavy (non-hydrogen) atoms. The highest BCUT2D eigenvalue weighted by atomic mass is 127. The third-order valence-corrected chi connectivity index (χ3v) is 5.21. The number of halogens is 1. The topological polar surface area (TPSA) is 61.8 Å². The van der Waals surface area contributed by atoms with Crippen molar-refractivity contribution in [1.82, 2.24) is 5.43 Å². The van der Waals surface area contributed by atoms with E-state index in [1.165, 1.54) is 4.90 Å². The van der Waals surface area contributed by atoms with Gasteiger partial charge in [0.15, 0.2) is 0 Å². The van der Waals surface area contributed by atoms with Gasteiger partial charge in [-0.1, -0.05) is 36.4 Å². The zero-order valence-electron chi connectivity index (χ0n) is 14.6. The van der Waals surface area contributed by atoms with Crippen molar-refractivity contribution in [2.75, 3.05) is 11.4 Å².